The van der Waals surface area contributed by atoms with E-state index in [4.69, 9.17) is 4.74 Å². The number of pyridine rings is 1. The van der Waals surface area contributed by atoms with Crippen LogP contribution in [0.3, 0.4) is 0 Å². The summed E-state index contributed by atoms with van der Waals surface area (Å²) in [6.45, 7) is 4.35. The number of nitrogens with one attached hydrogen (secondary N) is 1. The lowest BCUT2D eigenvalue weighted by Gasteiger charge is -2.32. The lowest BCUT2D eigenvalue weighted by molar-refractivity contribution is -0.152. The fraction of sp³-hybridized carbons (Fsp3) is 0.444. The molecule has 0 bridgehead atoms. The largest absolute Gasteiger partial charge is 0.369 e. The average Bonchev–Trinajstić information content (AvgIpc) is 3.11. The van der Waals surface area contributed by atoms with E-state index in [1.54, 1.807) is 45.7 Å². The standard InChI is InChI=1S/C18H23N5O2/c1-18(2,25-3)17(24)23-10-4-5-14(23)13-6-7-20-15(11-13)22-16-12-19-8-9-21-16/h6-9,11-12,14H,4-5,10H2,1-3H3,(H,20,21,22)/t14-/m1/s1. The zero-order chi connectivity index (χ0) is 17.9. The molecular weight excluding hydrogens is 318 g/mol. The molecule has 1 aliphatic heterocycles. The van der Waals surface area contributed by atoms with E-state index in [2.05, 4.69) is 20.3 Å². The summed E-state index contributed by atoms with van der Waals surface area (Å²) in [4.78, 5) is 27.3. The van der Waals surface area contributed by atoms with Gasteiger partial charge in [-0.25, -0.2) is 9.97 Å². The van der Waals surface area contributed by atoms with Crippen molar-refractivity contribution >= 4 is 17.5 Å². The van der Waals surface area contributed by atoms with Gasteiger partial charge in [-0.1, -0.05) is 0 Å². The van der Waals surface area contributed by atoms with Crippen molar-refractivity contribution in [2.45, 2.75) is 38.3 Å². The maximum absolute atomic E-state index is 12.8. The predicted molar refractivity (Wildman–Crippen MR) is 94.3 cm³/mol. The molecule has 0 aromatic carbocycles. The van der Waals surface area contributed by atoms with Gasteiger partial charge in [0.2, 0.25) is 0 Å². The van der Waals surface area contributed by atoms with Crippen LogP contribution in [0.25, 0.3) is 0 Å². The molecule has 0 radical (unpaired) electrons. The van der Waals surface area contributed by atoms with Crippen LogP contribution in [0.15, 0.2) is 36.9 Å². The number of likely N-dealkylation sites (tertiary alicyclic amines) is 1. The van der Waals surface area contributed by atoms with Crippen LogP contribution in [-0.2, 0) is 9.53 Å². The molecule has 1 fully saturated rings. The normalized spacial score (nSPS) is 17.6. The number of nitrogens with zero attached hydrogens (tertiary/aromatic N) is 4. The number of carbonyl (C=O) groups excluding carboxylic acids is 1. The maximum Gasteiger partial charge on any atom is 0.254 e. The number of amides is 1. The summed E-state index contributed by atoms with van der Waals surface area (Å²) in [7, 11) is 1.57. The Morgan fingerprint density at radius 3 is 2.80 bits per heavy atom. The minimum Gasteiger partial charge on any atom is -0.369 e. The summed E-state index contributed by atoms with van der Waals surface area (Å²) in [5.41, 5.74) is 0.232. The second kappa shape index (κ2) is 7.14. The van der Waals surface area contributed by atoms with Gasteiger partial charge in [0.05, 0.1) is 12.2 Å². The van der Waals surface area contributed by atoms with E-state index in [1.165, 1.54) is 0 Å². The Morgan fingerprint density at radius 1 is 1.28 bits per heavy atom. The highest BCUT2D eigenvalue weighted by atomic mass is 16.5. The van der Waals surface area contributed by atoms with Crippen molar-refractivity contribution in [3.63, 3.8) is 0 Å². The molecule has 7 heteroatoms. The van der Waals surface area contributed by atoms with Crippen LogP contribution in [0.2, 0.25) is 0 Å². The fourth-order valence-electron chi connectivity index (χ4n) is 3.01. The van der Waals surface area contributed by atoms with Crippen LogP contribution in [0.5, 0.6) is 0 Å². The van der Waals surface area contributed by atoms with E-state index in [9.17, 15) is 4.79 Å². The lowest BCUT2D eigenvalue weighted by atomic mass is 10.0. The number of ether oxygens (including phenoxy) is 1. The third kappa shape index (κ3) is 3.76. The van der Waals surface area contributed by atoms with Gasteiger partial charge in [0, 0.05) is 32.2 Å². The van der Waals surface area contributed by atoms with Gasteiger partial charge in [-0.3, -0.25) is 9.78 Å². The number of rotatable bonds is 5. The van der Waals surface area contributed by atoms with E-state index in [0.29, 0.717) is 11.6 Å². The Morgan fingerprint density at radius 2 is 2.08 bits per heavy atom. The quantitative estimate of drug-likeness (QED) is 0.901. The number of carbonyl (C=O) groups is 1. The van der Waals surface area contributed by atoms with Crippen LogP contribution < -0.4 is 5.32 Å². The average molecular weight is 341 g/mol. The Kier molecular flexibility index (Phi) is 4.94. The third-order valence-electron chi connectivity index (χ3n) is 4.53. The molecule has 1 atom stereocenters. The van der Waals surface area contributed by atoms with Crippen molar-refractivity contribution in [1.82, 2.24) is 19.9 Å². The summed E-state index contributed by atoms with van der Waals surface area (Å²) >= 11 is 0. The fourth-order valence-corrected chi connectivity index (χ4v) is 3.01. The molecule has 1 amide bonds. The summed E-state index contributed by atoms with van der Waals surface area (Å²) < 4.78 is 5.37. The first kappa shape index (κ1) is 17.3. The smallest absolute Gasteiger partial charge is 0.254 e. The minimum atomic E-state index is -0.823. The highest BCUT2D eigenvalue weighted by Gasteiger charge is 2.38. The second-order valence-corrected chi connectivity index (χ2v) is 6.56. The predicted octanol–water partition coefficient (Wildman–Crippen LogP) is 2.70. The highest BCUT2D eigenvalue weighted by molar-refractivity contribution is 5.85. The molecule has 7 nitrogen and oxygen atoms in total. The number of hydrogen-bond acceptors (Lipinski definition) is 6. The minimum absolute atomic E-state index is 0.0118. The number of anilines is 2. The molecular formula is C18H23N5O2. The van der Waals surface area contributed by atoms with Crippen molar-refractivity contribution in [2.24, 2.45) is 0 Å². The third-order valence-corrected chi connectivity index (χ3v) is 4.53. The molecule has 3 rings (SSSR count). The van der Waals surface area contributed by atoms with Crippen LogP contribution in [0.1, 0.15) is 38.3 Å². The zero-order valence-electron chi connectivity index (χ0n) is 14.8. The molecule has 0 saturated carbocycles. The Balaban J connectivity index is 1.81. The van der Waals surface area contributed by atoms with Crippen molar-refractivity contribution in [3.8, 4) is 0 Å². The first-order chi connectivity index (χ1) is 12.0. The second-order valence-electron chi connectivity index (χ2n) is 6.56. The van der Waals surface area contributed by atoms with E-state index in [0.717, 1.165) is 24.9 Å². The number of methoxy groups -OCH3 is 1. The van der Waals surface area contributed by atoms with Gasteiger partial charge < -0.3 is 15.0 Å². The first-order valence-electron chi connectivity index (χ1n) is 8.36. The van der Waals surface area contributed by atoms with Gasteiger partial charge >= 0.3 is 0 Å². The highest BCUT2D eigenvalue weighted by Crippen LogP contribution is 2.34. The van der Waals surface area contributed by atoms with Crippen LogP contribution in [-0.4, -0.2) is 45.0 Å². The topological polar surface area (TPSA) is 80.2 Å². The molecule has 0 unspecified atom stereocenters. The Bertz CT molecular complexity index is 735. The summed E-state index contributed by atoms with van der Waals surface area (Å²) in [5, 5.41) is 3.14. The van der Waals surface area contributed by atoms with E-state index >= 15 is 0 Å². The van der Waals surface area contributed by atoms with Gasteiger partial charge in [0.15, 0.2) is 0 Å². The number of hydrogen-bond donors (Lipinski definition) is 1. The van der Waals surface area contributed by atoms with Crippen molar-refractivity contribution < 1.29 is 9.53 Å². The van der Waals surface area contributed by atoms with Gasteiger partial charge in [-0.05, 0) is 44.4 Å². The molecule has 0 aliphatic carbocycles. The van der Waals surface area contributed by atoms with Crippen molar-refractivity contribution in [1.29, 1.82) is 0 Å². The molecule has 2 aromatic heterocycles. The van der Waals surface area contributed by atoms with Crippen molar-refractivity contribution in [2.75, 3.05) is 19.0 Å². The summed E-state index contributed by atoms with van der Waals surface area (Å²) in [6.07, 6.45) is 8.54. The summed E-state index contributed by atoms with van der Waals surface area (Å²) in [6, 6.07) is 3.95. The Hall–Kier alpha value is -2.54. The van der Waals surface area contributed by atoms with E-state index < -0.39 is 5.60 Å². The summed E-state index contributed by atoms with van der Waals surface area (Å²) in [5.74, 6) is 1.33. The molecule has 25 heavy (non-hydrogen) atoms. The number of aromatic nitrogens is 3. The van der Waals surface area contributed by atoms with E-state index in [1.807, 2.05) is 17.0 Å². The van der Waals surface area contributed by atoms with Gasteiger partial charge in [-0.15, -0.1) is 0 Å². The molecule has 1 aliphatic rings. The molecule has 0 spiro atoms. The zero-order valence-corrected chi connectivity index (χ0v) is 14.8. The molecule has 1 N–H and O–H groups in total. The van der Waals surface area contributed by atoms with Crippen molar-refractivity contribution in [3.05, 3.63) is 42.5 Å². The maximum atomic E-state index is 12.8. The SMILES string of the molecule is COC(C)(C)C(=O)N1CCC[C@@H]1c1ccnc(Nc2cnccn2)c1. The molecule has 3 heterocycles. The molecule has 132 valence electrons. The monoisotopic (exact) mass is 341 g/mol. The van der Waals surface area contributed by atoms with Crippen LogP contribution in [0, 0.1) is 0 Å². The van der Waals surface area contributed by atoms with Gasteiger partial charge in [-0.2, -0.15) is 0 Å². The van der Waals surface area contributed by atoms with E-state index in [-0.39, 0.29) is 11.9 Å². The van der Waals surface area contributed by atoms with Crippen LogP contribution >= 0.6 is 0 Å². The molecule has 1 saturated heterocycles. The van der Waals surface area contributed by atoms with Gasteiger partial charge in [0.1, 0.15) is 17.2 Å². The van der Waals surface area contributed by atoms with Gasteiger partial charge in [0.25, 0.3) is 5.91 Å². The van der Waals surface area contributed by atoms with Crippen LogP contribution in [0.4, 0.5) is 11.6 Å². The Labute approximate surface area is 147 Å². The lowest BCUT2D eigenvalue weighted by Crippen LogP contribution is -2.46. The first-order valence-corrected chi connectivity index (χ1v) is 8.36. The molecule has 2 aromatic rings.